The minimum Gasteiger partial charge on any atom is -0.489 e. The van der Waals surface area contributed by atoms with Gasteiger partial charge in [-0.05, 0) is 41.3 Å². The van der Waals surface area contributed by atoms with Crippen LogP contribution in [0.5, 0.6) is 5.75 Å². The molecule has 0 amide bonds. The predicted octanol–water partition coefficient (Wildman–Crippen LogP) is 2.57. The van der Waals surface area contributed by atoms with Gasteiger partial charge in [0.15, 0.2) is 0 Å². The molecule has 2 unspecified atom stereocenters. The molecule has 1 saturated carbocycles. The Bertz CT molecular complexity index is 623. The van der Waals surface area contributed by atoms with Crippen LogP contribution in [0.2, 0.25) is 0 Å². The zero-order chi connectivity index (χ0) is 15.6. The van der Waals surface area contributed by atoms with Crippen LogP contribution in [0.3, 0.4) is 0 Å². The molecule has 2 rings (SSSR count). The second-order valence-electron chi connectivity index (χ2n) is 5.02. The summed E-state index contributed by atoms with van der Waals surface area (Å²) in [6.45, 7) is 0. The minimum absolute atomic E-state index is 0.0836. The lowest BCUT2D eigenvalue weighted by Gasteiger charge is -2.29. The normalized spacial score (nSPS) is 23.0. The quantitative estimate of drug-likeness (QED) is 0.868. The van der Waals surface area contributed by atoms with Crippen LogP contribution in [0.4, 0.5) is 4.39 Å². The maximum atomic E-state index is 13.8. The highest BCUT2D eigenvalue weighted by atomic mass is 79.9. The molecular formula is C13H17BrFNO4S. The Balaban J connectivity index is 2.20. The van der Waals surface area contributed by atoms with E-state index in [0.29, 0.717) is 4.47 Å². The van der Waals surface area contributed by atoms with Gasteiger partial charge in [-0.1, -0.05) is 0 Å². The third-order valence-corrected chi connectivity index (χ3v) is 5.04. The Morgan fingerprint density at radius 2 is 2.00 bits per heavy atom. The van der Waals surface area contributed by atoms with E-state index >= 15 is 0 Å². The summed E-state index contributed by atoms with van der Waals surface area (Å²) in [4.78, 5) is -0.555. The molecule has 21 heavy (non-hydrogen) atoms. The highest BCUT2D eigenvalue weighted by molar-refractivity contribution is 9.10. The predicted molar refractivity (Wildman–Crippen MR) is 79.2 cm³/mol. The molecule has 1 aliphatic carbocycles. The van der Waals surface area contributed by atoms with Crippen molar-refractivity contribution in [1.29, 1.82) is 0 Å². The van der Waals surface area contributed by atoms with Gasteiger partial charge in [-0.15, -0.1) is 0 Å². The Kier molecular flexibility index (Phi) is 5.24. The first-order chi connectivity index (χ1) is 9.81. The summed E-state index contributed by atoms with van der Waals surface area (Å²) in [6, 6.07) is 2.16. The number of halogens is 2. The highest BCUT2D eigenvalue weighted by Gasteiger charge is 2.25. The molecule has 1 aromatic carbocycles. The van der Waals surface area contributed by atoms with E-state index in [1.807, 2.05) is 0 Å². The van der Waals surface area contributed by atoms with Crippen molar-refractivity contribution in [3.8, 4) is 5.75 Å². The number of benzene rings is 1. The van der Waals surface area contributed by atoms with Gasteiger partial charge in [-0.2, -0.15) is 0 Å². The Morgan fingerprint density at radius 3 is 2.62 bits per heavy atom. The molecule has 2 atom stereocenters. The third-order valence-electron chi connectivity index (χ3n) is 3.50. The molecule has 0 saturated heterocycles. The van der Waals surface area contributed by atoms with Crippen LogP contribution in [0, 0.1) is 5.82 Å². The number of rotatable bonds is 4. The van der Waals surface area contributed by atoms with Gasteiger partial charge in [0.2, 0.25) is 10.0 Å². The van der Waals surface area contributed by atoms with Crippen molar-refractivity contribution in [1.82, 2.24) is 0 Å². The van der Waals surface area contributed by atoms with Crippen molar-refractivity contribution in [2.75, 3.05) is 7.11 Å². The fourth-order valence-corrected chi connectivity index (χ4v) is 3.62. The molecule has 1 aromatic rings. The van der Waals surface area contributed by atoms with Crippen molar-refractivity contribution in [2.24, 2.45) is 5.14 Å². The molecule has 8 heteroatoms. The van der Waals surface area contributed by atoms with Crippen molar-refractivity contribution in [3.63, 3.8) is 0 Å². The van der Waals surface area contributed by atoms with E-state index in [-0.39, 0.29) is 18.0 Å². The van der Waals surface area contributed by atoms with E-state index in [2.05, 4.69) is 15.9 Å². The fourth-order valence-electron chi connectivity index (χ4n) is 2.42. The van der Waals surface area contributed by atoms with Crippen molar-refractivity contribution in [2.45, 2.75) is 42.8 Å². The molecule has 0 aliphatic heterocycles. The van der Waals surface area contributed by atoms with E-state index in [4.69, 9.17) is 14.6 Å². The van der Waals surface area contributed by atoms with E-state index < -0.39 is 20.7 Å². The summed E-state index contributed by atoms with van der Waals surface area (Å²) in [5.74, 6) is -0.656. The average molecular weight is 382 g/mol. The molecule has 118 valence electrons. The molecule has 0 heterocycles. The summed E-state index contributed by atoms with van der Waals surface area (Å²) in [6.07, 6.45) is 3.58. The van der Waals surface area contributed by atoms with Crippen molar-refractivity contribution >= 4 is 26.0 Å². The van der Waals surface area contributed by atoms with Gasteiger partial charge in [0.25, 0.3) is 0 Å². The Labute approximate surface area is 131 Å². The molecule has 0 radical (unpaired) electrons. The first-order valence-corrected chi connectivity index (χ1v) is 8.86. The van der Waals surface area contributed by atoms with Crippen LogP contribution in [0.15, 0.2) is 21.5 Å². The maximum absolute atomic E-state index is 13.8. The van der Waals surface area contributed by atoms with Gasteiger partial charge in [-0.25, -0.2) is 17.9 Å². The third kappa shape index (κ3) is 4.15. The molecule has 0 aromatic heterocycles. The van der Waals surface area contributed by atoms with Crippen LogP contribution in [0.25, 0.3) is 0 Å². The smallest absolute Gasteiger partial charge is 0.241 e. The molecule has 0 bridgehead atoms. The number of ether oxygens (including phenoxy) is 2. The number of methoxy groups -OCH3 is 1. The number of nitrogens with two attached hydrogens (primary N) is 1. The van der Waals surface area contributed by atoms with Gasteiger partial charge >= 0.3 is 0 Å². The molecular weight excluding hydrogens is 365 g/mol. The van der Waals surface area contributed by atoms with E-state index in [1.165, 1.54) is 0 Å². The summed E-state index contributed by atoms with van der Waals surface area (Å²) in [7, 11) is -2.44. The van der Waals surface area contributed by atoms with Crippen LogP contribution in [0.1, 0.15) is 25.7 Å². The fraction of sp³-hybridized carbons (Fsp3) is 0.538. The summed E-state index contributed by atoms with van der Waals surface area (Å²) >= 11 is 3.19. The zero-order valence-corrected chi connectivity index (χ0v) is 13.9. The topological polar surface area (TPSA) is 78.6 Å². The molecule has 2 N–H and O–H groups in total. The summed E-state index contributed by atoms with van der Waals surface area (Å²) in [5.41, 5.74) is 0. The van der Waals surface area contributed by atoms with Gasteiger partial charge in [-0.3, -0.25) is 0 Å². The molecule has 1 fully saturated rings. The first-order valence-electron chi connectivity index (χ1n) is 6.52. The van der Waals surface area contributed by atoms with Crippen molar-refractivity contribution < 1.29 is 22.3 Å². The number of primary sulfonamides is 1. The maximum Gasteiger partial charge on any atom is 0.241 e. The van der Waals surface area contributed by atoms with E-state index in [9.17, 15) is 12.8 Å². The van der Waals surface area contributed by atoms with E-state index in [0.717, 1.165) is 37.8 Å². The largest absolute Gasteiger partial charge is 0.489 e. The summed E-state index contributed by atoms with van der Waals surface area (Å²) in [5, 5.41) is 4.95. The van der Waals surface area contributed by atoms with Crippen molar-refractivity contribution in [3.05, 3.63) is 22.4 Å². The Hall–Kier alpha value is -0.700. The standard InChI is InChI=1S/C13H17BrFNO4S/c1-19-8-3-2-4-9(5-8)20-12-7-11(15)13(6-10(12)14)21(16,17)18/h6-9H,2-5H2,1H3,(H2,16,17,18). The second kappa shape index (κ2) is 6.60. The lowest BCUT2D eigenvalue weighted by molar-refractivity contribution is 0.0206. The van der Waals surface area contributed by atoms with Gasteiger partial charge in [0.1, 0.15) is 22.6 Å². The minimum atomic E-state index is -4.10. The number of sulfonamides is 1. The van der Waals surface area contributed by atoms with Crippen LogP contribution in [-0.2, 0) is 14.8 Å². The zero-order valence-electron chi connectivity index (χ0n) is 11.5. The van der Waals surface area contributed by atoms with Gasteiger partial charge in [0.05, 0.1) is 10.6 Å². The van der Waals surface area contributed by atoms with Crippen LogP contribution < -0.4 is 9.88 Å². The lowest BCUT2D eigenvalue weighted by Crippen LogP contribution is -2.29. The highest BCUT2D eigenvalue weighted by Crippen LogP contribution is 2.33. The number of hydrogen-bond donors (Lipinski definition) is 1. The molecule has 5 nitrogen and oxygen atoms in total. The lowest BCUT2D eigenvalue weighted by atomic mass is 9.95. The SMILES string of the molecule is COC1CCCC(Oc2cc(F)c(S(N)(=O)=O)cc2Br)C1. The monoisotopic (exact) mass is 381 g/mol. The summed E-state index contributed by atoms with van der Waals surface area (Å²) < 4.78 is 47.8. The first kappa shape index (κ1) is 16.7. The molecule has 1 aliphatic rings. The van der Waals surface area contributed by atoms with Crippen LogP contribution >= 0.6 is 15.9 Å². The van der Waals surface area contributed by atoms with Crippen LogP contribution in [-0.4, -0.2) is 27.7 Å². The van der Waals surface area contributed by atoms with E-state index in [1.54, 1.807) is 7.11 Å². The number of hydrogen-bond acceptors (Lipinski definition) is 4. The van der Waals surface area contributed by atoms with Gasteiger partial charge in [0, 0.05) is 19.6 Å². The average Bonchev–Trinajstić information content (AvgIpc) is 2.41. The van der Waals surface area contributed by atoms with Gasteiger partial charge < -0.3 is 9.47 Å². The molecule has 0 spiro atoms. The second-order valence-corrected chi connectivity index (χ2v) is 7.41. The Morgan fingerprint density at radius 1 is 1.33 bits per heavy atom.